The van der Waals surface area contributed by atoms with Gasteiger partial charge in [0, 0.05) is 12.6 Å². The van der Waals surface area contributed by atoms with Crippen LogP contribution in [-0.2, 0) is 0 Å². The Morgan fingerprint density at radius 3 is 2.92 bits per heavy atom. The fourth-order valence-corrected chi connectivity index (χ4v) is 1.39. The summed E-state index contributed by atoms with van der Waals surface area (Å²) in [5, 5.41) is 21.5. The molecule has 2 atom stereocenters. The molecule has 0 aromatic rings. The van der Waals surface area contributed by atoms with E-state index in [1.165, 1.54) is 6.42 Å². The third-order valence-electron chi connectivity index (χ3n) is 2.34. The standard InChI is InChI=1S/C10H19NO2/c1-10(13,8-12)7-11-9-5-3-2-4-6-9/h3,5,9,11-13H,2,4,6-8H2,1H3. The second kappa shape index (κ2) is 4.74. The Hall–Kier alpha value is -0.380. The van der Waals surface area contributed by atoms with Gasteiger partial charge in [-0.25, -0.2) is 0 Å². The van der Waals surface area contributed by atoms with Crippen molar-refractivity contribution in [1.82, 2.24) is 5.32 Å². The van der Waals surface area contributed by atoms with Crippen molar-refractivity contribution < 1.29 is 10.2 Å². The average Bonchev–Trinajstić information content (AvgIpc) is 2.17. The highest BCUT2D eigenvalue weighted by Crippen LogP contribution is 2.10. The van der Waals surface area contributed by atoms with Crippen LogP contribution in [0.4, 0.5) is 0 Å². The van der Waals surface area contributed by atoms with Crippen molar-refractivity contribution in [2.24, 2.45) is 0 Å². The first-order valence-electron chi connectivity index (χ1n) is 4.87. The third-order valence-corrected chi connectivity index (χ3v) is 2.34. The Morgan fingerprint density at radius 2 is 2.38 bits per heavy atom. The van der Waals surface area contributed by atoms with Gasteiger partial charge in [0.2, 0.25) is 0 Å². The molecule has 1 aliphatic rings. The van der Waals surface area contributed by atoms with Gasteiger partial charge in [-0.2, -0.15) is 0 Å². The molecule has 0 aliphatic heterocycles. The Balaban J connectivity index is 2.25. The van der Waals surface area contributed by atoms with Crippen LogP contribution >= 0.6 is 0 Å². The lowest BCUT2D eigenvalue weighted by molar-refractivity contribution is 0.00142. The SMILES string of the molecule is CC(O)(CO)CNC1C=CCCC1. The lowest BCUT2D eigenvalue weighted by Gasteiger charge is -2.25. The van der Waals surface area contributed by atoms with E-state index in [-0.39, 0.29) is 6.61 Å². The first-order chi connectivity index (χ1) is 6.14. The van der Waals surface area contributed by atoms with Gasteiger partial charge < -0.3 is 15.5 Å². The Labute approximate surface area is 79.5 Å². The van der Waals surface area contributed by atoms with Crippen LogP contribution in [0.3, 0.4) is 0 Å². The highest BCUT2D eigenvalue weighted by atomic mass is 16.3. The van der Waals surface area contributed by atoms with E-state index in [0.717, 1.165) is 12.8 Å². The van der Waals surface area contributed by atoms with E-state index in [0.29, 0.717) is 12.6 Å². The topological polar surface area (TPSA) is 52.5 Å². The number of hydrogen-bond acceptors (Lipinski definition) is 3. The van der Waals surface area contributed by atoms with Gasteiger partial charge >= 0.3 is 0 Å². The molecule has 0 heterocycles. The molecular weight excluding hydrogens is 166 g/mol. The van der Waals surface area contributed by atoms with E-state index in [1.54, 1.807) is 6.92 Å². The molecule has 0 saturated carbocycles. The maximum Gasteiger partial charge on any atom is 0.0973 e. The number of allylic oxidation sites excluding steroid dienone is 1. The van der Waals surface area contributed by atoms with Crippen LogP contribution < -0.4 is 5.32 Å². The second-order valence-electron chi connectivity index (χ2n) is 4.00. The van der Waals surface area contributed by atoms with Crippen molar-refractivity contribution >= 4 is 0 Å². The molecule has 0 bridgehead atoms. The van der Waals surface area contributed by atoms with E-state index in [1.807, 2.05) is 0 Å². The molecule has 1 rings (SSSR count). The summed E-state index contributed by atoms with van der Waals surface area (Å²) in [7, 11) is 0. The minimum Gasteiger partial charge on any atom is -0.393 e. The van der Waals surface area contributed by atoms with E-state index < -0.39 is 5.60 Å². The summed E-state index contributed by atoms with van der Waals surface area (Å²) in [4.78, 5) is 0. The van der Waals surface area contributed by atoms with Crippen LogP contribution in [0, 0.1) is 0 Å². The minimum atomic E-state index is -0.995. The van der Waals surface area contributed by atoms with Gasteiger partial charge in [0.1, 0.15) is 0 Å². The molecule has 0 aromatic heterocycles. The zero-order valence-electron chi connectivity index (χ0n) is 8.16. The molecule has 0 aromatic carbocycles. The molecule has 0 fully saturated rings. The highest BCUT2D eigenvalue weighted by Gasteiger charge is 2.20. The zero-order valence-corrected chi connectivity index (χ0v) is 8.16. The molecule has 3 N–H and O–H groups in total. The molecular formula is C10H19NO2. The average molecular weight is 185 g/mol. The Morgan fingerprint density at radius 1 is 1.62 bits per heavy atom. The predicted molar refractivity (Wildman–Crippen MR) is 52.5 cm³/mol. The summed E-state index contributed by atoms with van der Waals surface area (Å²) in [6.45, 7) is 1.88. The highest BCUT2D eigenvalue weighted by molar-refractivity contribution is 4.98. The number of hydrogen-bond donors (Lipinski definition) is 3. The molecule has 0 radical (unpaired) electrons. The molecule has 0 saturated heterocycles. The largest absolute Gasteiger partial charge is 0.393 e. The van der Waals surface area contributed by atoms with E-state index in [2.05, 4.69) is 17.5 Å². The van der Waals surface area contributed by atoms with Gasteiger partial charge in [0.15, 0.2) is 0 Å². The summed E-state index contributed by atoms with van der Waals surface area (Å²) in [6.07, 6.45) is 7.79. The molecule has 0 spiro atoms. The minimum absolute atomic E-state index is 0.198. The molecule has 0 amide bonds. The van der Waals surface area contributed by atoms with Crippen LogP contribution in [0.15, 0.2) is 12.2 Å². The van der Waals surface area contributed by atoms with Crippen molar-refractivity contribution in [2.75, 3.05) is 13.2 Å². The first kappa shape index (κ1) is 10.7. The molecule has 2 unspecified atom stereocenters. The second-order valence-corrected chi connectivity index (χ2v) is 4.00. The van der Waals surface area contributed by atoms with Crippen molar-refractivity contribution in [3.05, 3.63) is 12.2 Å². The van der Waals surface area contributed by atoms with Crippen LogP contribution in [0.25, 0.3) is 0 Å². The molecule has 3 heteroatoms. The lowest BCUT2D eigenvalue weighted by Crippen LogP contribution is -2.44. The predicted octanol–water partition coefficient (Wildman–Crippen LogP) is 0.428. The maximum atomic E-state index is 9.52. The smallest absolute Gasteiger partial charge is 0.0973 e. The van der Waals surface area contributed by atoms with Gasteiger partial charge in [-0.3, -0.25) is 0 Å². The van der Waals surface area contributed by atoms with Gasteiger partial charge in [-0.05, 0) is 26.2 Å². The van der Waals surface area contributed by atoms with Gasteiger partial charge in [0.05, 0.1) is 12.2 Å². The van der Waals surface area contributed by atoms with Gasteiger partial charge in [-0.15, -0.1) is 0 Å². The van der Waals surface area contributed by atoms with Crippen LogP contribution in [-0.4, -0.2) is 35.0 Å². The number of nitrogens with one attached hydrogen (secondary N) is 1. The van der Waals surface area contributed by atoms with E-state index in [4.69, 9.17) is 5.11 Å². The van der Waals surface area contributed by atoms with Crippen LogP contribution in [0.5, 0.6) is 0 Å². The summed E-state index contributed by atoms with van der Waals surface area (Å²) >= 11 is 0. The summed E-state index contributed by atoms with van der Waals surface area (Å²) < 4.78 is 0. The van der Waals surface area contributed by atoms with Crippen molar-refractivity contribution in [3.63, 3.8) is 0 Å². The number of aliphatic hydroxyl groups is 2. The summed E-state index contributed by atoms with van der Waals surface area (Å²) in [5.74, 6) is 0. The van der Waals surface area contributed by atoms with Crippen LogP contribution in [0.1, 0.15) is 26.2 Å². The monoisotopic (exact) mass is 185 g/mol. The maximum absolute atomic E-state index is 9.52. The molecule has 76 valence electrons. The quantitative estimate of drug-likeness (QED) is 0.557. The fourth-order valence-electron chi connectivity index (χ4n) is 1.39. The normalized spacial score (nSPS) is 27.2. The zero-order chi connectivity index (χ0) is 9.73. The Kier molecular flexibility index (Phi) is 3.90. The fraction of sp³-hybridized carbons (Fsp3) is 0.800. The molecule has 1 aliphatic carbocycles. The first-order valence-corrected chi connectivity index (χ1v) is 4.87. The lowest BCUT2D eigenvalue weighted by atomic mass is 10.0. The summed E-state index contributed by atoms with van der Waals surface area (Å²) in [5.41, 5.74) is -0.995. The van der Waals surface area contributed by atoms with Crippen molar-refractivity contribution in [2.45, 2.75) is 37.8 Å². The van der Waals surface area contributed by atoms with E-state index in [9.17, 15) is 5.11 Å². The van der Waals surface area contributed by atoms with E-state index >= 15 is 0 Å². The number of aliphatic hydroxyl groups excluding tert-OH is 1. The molecule has 13 heavy (non-hydrogen) atoms. The molecule has 3 nitrogen and oxygen atoms in total. The van der Waals surface area contributed by atoms with Crippen molar-refractivity contribution in [1.29, 1.82) is 0 Å². The van der Waals surface area contributed by atoms with Crippen molar-refractivity contribution in [3.8, 4) is 0 Å². The third kappa shape index (κ3) is 3.89. The van der Waals surface area contributed by atoms with Gasteiger partial charge in [0.25, 0.3) is 0 Å². The van der Waals surface area contributed by atoms with Gasteiger partial charge in [-0.1, -0.05) is 12.2 Å². The van der Waals surface area contributed by atoms with Crippen LogP contribution in [0.2, 0.25) is 0 Å². The Bertz CT molecular complexity index is 178. The summed E-state index contributed by atoms with van der Waals surface area (Å²) in [6, 6.07) is 0.367. The number of rotatable bonds is 4.